The molecule has 0 spiro atoms. The van der Waals surface area contributed by atoms with E-state index in [0.29, 0.717) is 6.54 Å². The Labute approximate surface area is 129 Å². The number of imidazole rings is 1. The molecule has 2 aromatic carbocycles. The van der Waals surface area contributed by atoms with E-state index in [1.807, 2.05) is 48.0 Å². The minimum Gasteiger partial charge on any atom is -0.497 e. The number of ether oxygens (including phenoxy) is 2. The summed E-state index contributed by atoms with van der Waals surface area (Å²) < 4.78 is 12.7. The van der Waals surface area contributed by atoms with Crippen LogP contribution in [0.4, 0.5) is 5.95 Å². The number of aryl methyl sites for hydroxylation is 1. The molecular formula is C17H19N3O2. The van der Waals surface area contributed by atoms with Gasteiger partial charge in [-0.25, -0.2) is 4.98 Å². The minimum absolute atomic E-state index is 0.609. The van der Waals surface area contributed by atoms with E-state index in [1.165, 1.54) is 0 Å². The number of hydrogen-bond donors (Lipinski definition) is 1. The van der Waals surface area contributed by atoms with Gasteiger partial charge >= 0.3 is 0 Å². The third kappa shape index (κ3) is 2.57. The number of aromatic nitrogens is 2. The lowest BCUT2D eigenvalue weighted by Crippen LogP contribution is -2.06. The van der Waals surface area contributed by atoms with Crippen LogP contribution in [-0.2, 0) is 13.6 Å². The first-order valence-electron chi connectivity index (χ1n) is 7.09. The Bertz CT molecular complexity index is 796. The van der Waals surface area contributed by atoms with E-state index in [1.54, 1.807) is 14.2 Å². The van der Waals surface area contributed by atoms with Crippen LogP contribution in [0.25, 0.3) is 11.0 Å². The molecule has 0 saturated carbocycles. The molecule has 0 aliphatic rings. The highest BCUT2D eigenvalue weighted by molar-refractivity contribution is 5.78. The molecule has 22 heavy (non-hydrogen) atoms. The lowest BCUT2D eigenvalue weighted by atomic mass is 10.2. The van der Waals surface area contributed by atoms with Gasteiger partial charge in [0.05, 0.1) is 25.3 Å². The van der Waals surface area contributed by atoms with Crippen molar-refractivity contribution in [2.45, 2.75) is 6.54 Å². The summed E-state index contributed by atoms with van der Waals surface area (Å²) in [5, 5.41) is 3.36. The van der Waals surface area contributed by atoms with Gasteiger partial charge in [0.2, 0.25) is 5.95 Å². The van der Waals surface area contributed by atoms with Crippen molar-refractivity contribution in [3.05, 3.63) is 48.0 Å². The summed E-state index contributed by atoms with van der Waals surface area (Å²) in [5.41, 5.74) is 3.10. The Hall–Kier alpha value is -2.69. The second-order valence-corrected chi connectivity index (χ2v) is 5.01. The van der Waals surface area contributed by atoms with Crippen molar-refractivity contribution < 1.29 is 9.47 Å². The van der Waals surface area contributed by atoms with Crippen molar-refractivity contribution in [1.29, 1.82) is 0 Å². The van der Waals surface area contributed by atoms with E-state index in [2.05, 4.69) is 16.4 Å². The first-order valence-corrected chi connectivity index (χ1v) is 7.09. The lowest BCUT2D eigenvalue weighted by Gasteiger charge is -2.12. The van der Waals surface area contributed by atoms with Gasteiger partial charge in [0.15, 0.2) is 0 Å². The molecule has 0 aliphatic carbocycles. The minimum atomic E-state index is 0.609. The number of hydrogen-bond acceptors (Lipinski definition) is 4. The Morgan fingerprint density at radius 1 is 1.09 bits per heavy atom. The molecule has 5 nitrogen and oxygen atoms in total. The standard InChI is InChI=1S/C17H19N3O2/c1-20-15-7-5-4-6-14(15)19-17(20)18-11-12-10-13(21-2)8-9-16(12)22-3/h4-10H,11H2,1-3H3,(H,18,19). The Kier molecular flexibility index (Phi) is 3.87. The summed E-state index contributed by atoms with van der Waals surface area (Å²) >= 11 is 0. The fourth-order valence-corrected chi connectivity index (χ4v) is 2.50. The molecule has 0 unspecified atom stereocenters. The summed E-state index contributed by atoms with van der Waals surface area (Å²) in [6.07, 6.45) is 0. The van der Waals surface area contributed by atoms with Crippen LogP contribution in [0.2, 0.25) is 0 Å². The third-order valence-electron chi connectivity index (χ3n) is 3.71. The fourth-order valence-electron chi connectivity index (χ4n) is 2.50. The number of benzene rings is 2. The average molecular weight is 297 g/mol. The van der Waals surface area contributed by atoms with E-state index in [9.17, 15) is 0 Å². The molecule has 0 radical (unpaired) electrons. The second-order valence-electron chi connectivity index (χ2n) is 5.01. The molecule has 1 N–H and O–H groups in total. The smallest absolute Gasteiger partial charge is 0.203 e. The summed E-state index contributed by atoms with van der Waals surface area (Å²) in [5.74, 6) is 2.46. The van der Waals surface area contributed by atoms with Crippen molar-refractivity contribution >= 4 is 17.0 Å². The van der Waals surface area contributed by atoms with Crippen LogP contribution in [0.5, 0.6) is 11.5 Å². The van der Waals surface area contributed by atoms with E-state index >= 15 is 0 Å². The number of nitrogens with one attached hydrogen (secondary N) is 1. The van der Waals surface area contributed by atoms with E-state index in [-0.39, 0.29) is 0 Å². The van der Waals surface area contributed by atoms with Gasteiger partial charge in [0, 0.05) is 19.2 Å². The van der Waals surface area contributed by atoms with Crippen LogP contribution in [0.1, 0.15) is 5.56 Å². The zero-order chi connectivity index (χ0) is 15.5. The lowest BCUT2D eigenvalue weighted by molar-refractivity contribution is 0.399. The molecular weight excluding hydrogens is 278 g/mol. The van der Waals surface area contributed by atoms with Gasteiger partial charge in [0.1, 0.15) is 11.5 Å². The summed E-state index contributed by atoms with van der Waals surface area (Å²) in [7, 11) is 5.32. The number of anilines is 1. The van der Waals surface area contributed by atoms with Crippen molar-refractivity contribution in [3.8, 4) is 11.5 Å². The van der Waals surface area contributed by atoms with Gasteiger partial charge in [-0.3, -0.25) is 0 Å². The molecule has 0 fully saturated rings. The van der Waals surface area contributed by atoms with E-state index < -0.39 is 0 Å². The topological polar surface area (TPSA) is 48.3 Å². The van der Waals surface area contributed by atoms with E-state index in [0.717, 1.165) is 34.0 Å². The van der Waals surface area contributed by atoms with Crippen molar-refractivity contribution in [3.63, 3.8) is 0 Å². The third-order valence-corrected chi connectivity index (χ3v) is 3.71. The maximum absolute atomic E-state index is 5.40. The predicted octanol–water partition coefficient (Wildman–Crippen LogP) is 3.20. The van der Waals surface area contributed by atoms with E-state index in [4.69, 9.17) is 9.47 Å². The number of methoxy groups -OCH3 is 2. The highest BCUT2D eigenvalue weighted by Gasteiger charge is 2.09. The molecule has 0 aliphatic heterocycles. The molecule has 0 amide bonds. The van der Waals surface area contributed by atoms with Gasteiger partial charge in [-0.15, -0.1) is 0 Å². The van der Waals surface area contributed by atoms with Gasteiger partial charge in [0.25, 0.3) is 0 Å². The monoisotopic (exact) mass is 297 g/mol. The van der Waals surface area contributed by atoms with Crippen LogP contribution in [0.3, 0.4) is 0 Å². The van der Waals surface area contributed by atoms with Crippen LogP contribution in [0.15, 0.2) is 42.5 Å². The first kappa shape index (κ1) is 14.3. The molecule has 0 bridgehead atoms. The Morgan fingerprint density at radius 2 is 1.91 bits per heavy atom. The second kappa shape index (κ2) is 5.97. The molecule has 5 heteroatoms. The van der Waals surface area contributed by atoms with Gasteiger partial charge in [-0.2, -0.15) is 0 Å². The molecule has 1 aromatic heterocycles. The molecule has 0 saturated heterocycles. The van der Waals surface area contributed by atoms with Crippen LogP contribution >= 0.6 is 0 Å². The van der Waals surface area contributed by atoms with Crippen molar-refractivity contribution in [1.82, 2.24) is 9.55 Å². The summed E-state index contributed by atoms with van der Waals surface area (Å²) in [6, 6.07) is 13.8. The Morgan fingerprint density at radius 3 is 2.64 bits per heavy atom. The average Bonchev–Trinajstić information content (AvgIpc) is 2.89. The number of nitrogens with zero attached hydrogens (tertiary/aromatic N) is 2. The van der Waals surface area contributed by atoms with Crippen molar-refractivity contribution in [2.24, 2.45) is 7.05 Å². The quantitative estimate of drug-likeness (QED) is 0.785. The van der Waals surface area contributed by atoms with Crippen LogP contribution < -0.4 is 14.8 Å². The molecule has 114 valence electrons. The summed E-state index contributed by atoms with van der Waals surface area (Å²) in [4.78, 5) is 4.61. The maximum atomic E-state index is 5.40. The molecule has 1 heterocycles. The van der Waals surface area contributed by atoms with Crippen LogP contribution in [0, 0.1) is 0 Å². The number of rotatable bonds is 5. The maximum Gasteiger partial charge on any atom is 0.203 e. The van der Waals surface area contributed by atoms with Crippen LogP contribution in [-0.4, -0.2) is 23.8 Å². The van der Waals surface area contributed by atoms with Gasteiger partial charge < -0.3 is 19.4 Å². The number of fused-ring (bicyclic) bond motifs is 1. The predicted molar refractivity (Wildman–Crippen MR) is 87.6 cm³/mol. The summed E-state index contributed by atoms with van der Waals surface area (Å²) in [6.45, 7) is 0.609. The molecule has 3 rings (SSSR count). The zero-order valence-corrected chi connectivity index (χ0v) is 13.0. The first-order chi connectivity index (χ1) is 10.7. The SMILES string of the molecule is COc1ccc(OC)c(CNc2nc3ccccc3n2C)c1. The van der Waals surface area contributed by atoms with Gasteiger partial charge in [-0.1, -0.05) is 12.1 Å². The molecule has 3 aromatic rings. The highest BCUT2D eigenvalue weighted by Crippen LogP contribution is 2.25. The number of para-hydroxylation sites is 2. The Balaban J connectivity index is 1.86. The normalized spacial score (nSPS) is 10.7. The largest absolute Gasteiger partial charge is 0.497 e. The highest BCUT2D eigenvalue weighted by atomic mass is 16.5. The zero-order valence-electron chi connectivity index (χ0n) is 13.0. The van der Waals surface area contributed by atoms with Gasteiger partial charge in [-0.05, 0) is 30.3 Å². The van der Waals surface area contributed by atoms with Crippen molar-refractivity contribution in [2.75, 3.05) is 19.5 Å². The fraction of sp³-hybridized carbons (Fsp3) is 0.235. The molecule has 0 atom stereocenters.